The lowest BCUT2D eigenvalue weighted by Gasteiger charge is -2.15. The maximum Gasteiger partial charge on any atom is 0.0585 e. The molecule has 1 unspecified atom stereocenters. The number of thioether (sulfide) groups is 1. The highest BCUT2D eigenvalue weighted by molar-refractivity contribution is 7.98. The molecule has 0 radical (unpaired) electrons. The van der Waals surface area contributed by atoms with Gasteiger partial charge >= 0.3 is 0 Å². The van der Waals surface area contributed by atoms with Gasteiger partial charge in [-0.05, 0) is 30.1 Å². The quantitative estimate of drug-likeness (QED) is 0.735. The summed E-state index contributed by atoms with van der Waals surface area (Å²) in [7, 11) is 0. The summed E-state index contributed by atoms with van der Waals surface area (Å²) >= 11 is 1.80. The molecular formula is C11H18N2OS. The monoisotopic (exact) mass is 226 g/mol. The first-order chi connectivity index (χ1) is 7.36. The third-order valence-corrected chi connectivity index (χ3v) is 2.85. The summed E-state index contributed by atoms with van der Waals surface area (Å²) in [6.07, 6.45) is 6.68. The highest BCUT2D eigenvalue weighted by Crippen LogP contribution is 2.02. The molecule has 3 nitrogen and oxygen atoms in total. The van der Waals surface area contributed by atoms with Gasteiger partial charge in [0.2, 0.25) is 0 Å². The molecule has 0 aliphatic rings. The van der Waals surface area contributed by atoms with Crippen molar-refractivity contribution in [1.82, 2.24) is 10.3 Å². The summed E-state index contributed by atoms with van der Waals surface area (Å²) in [6, 6.07) is 4.15. The van der Waals surface area contributed by atoms with Crippen LogP contribution in [-0.2, 0) is 6.54 Å². The Balaban J connectivity index is 2.28. The van der Waals surface area contributed by atoms with Gasteiger partial charge in [0, 0.05) is 25.0 Å². The fourth-order valence-corrected chi connectivity index (χ4v) is 1.80. The summed E-state index contributed by atoms with van der Waals surface area (Å²) in [4.78, 5) is 4.04. The molecular weight excluding hydrogens is 208 g/mol. The van der Waals surface area contributed by atoms with E-state index in [2.05, 4.69) is 16.6 Å². The molecule has 2 N–H and O–H groups in total. The Labute approximate surface area is 95.3 Å². The third-order valence-electron chi connectivity index (χ3n) is 2.21. The van der Waals surface area contributed by atoms with Crippen LogP contribution < -0.4 is 5.32 Å². The van der Waals surface area contributed by atoms with Crippen LogP contribution >= 0.6 is 11.8 Å². The fraction of sp³-hybridized carbons (Fsp3) is 0.545. The molecule has 0 aromatic carbocycles. The largest absolute Gasteiger partial charge is 0.395 e. The van der Waals surface area contributed by atoms with Crippen LogP contribution in [0.5, 0.6) is 0 Å². The average Bonchev–Trinajstić information content (AvgIpc) is 2.31. The number of rotatable bonds is 7. The van der Waals surface area contributed by atoms with Crippen molar-refractivity contribution in [3.8, 4) is 0 Å². The SMILES string of the molecule is CSCCC(CO)NCc1cccnc1. The van der Waals surface area contributed by atoms with Crippen LogP contribution in [0.2, 0.25) is 0 Å². The van der Waals surface area contributed by atoms with Gasteiger partial charge in [-0.2, -0.15) is 11.8 Å². The van der Waals surface area contributed by atoms with Crippen LogP contribution in [0.4, 0.5) is 0 Å². The number of hydrogen-bond acceptors (Lipinski definition) is 4. The van der Waals surface area contributed by atoms with Crippen molar-refractivity contribution in [2.45, 2.75) is 19.0 Å². The minimum absolute atomic E-state index is 0.192. The number of aromatic nitrogens is 1. The standard InChI is InChI=1S/C11H18N2OS/c1-15-6-4-11(9-14)13-8-10-3-2-5-12-7-10/h2-3,5,7,11,13-14H,4,6,8-9H2,1H3. The van der Waals surface area contributed by atoms with Gasteiger partial charge in [-0.1, -0.05) is 6.07 Å². The second-order valence-corrected chi connectivity index (χ2v) is 4.39. The van der Waals surface area contributed by atoms with E-state index in [1.165, 1.54) is 0 Å². The minimum Gasteiger partial charge on any atom is -0.395 e. The van der Waals surface area contributed by atoms with E-state index in [0.29, 0.717) is 0 Å². The van der Waals surface area contributed by atoms with Crippen LogP contribution in [-0.4, -0.2) is 34.7 Å². The van der Waals surface area contributed by atoms with Crippen LogP contribution in [0.15, 0.2) is 24.5 Å². The molecule has 0 fully saturated rings. The van der Waals surface area contributed by atoms with E-state index < -0.39 is 0 Å². The van der Waals surface area contributed by atoms with Crippen LogP contribution in [0.25, 0.3) is 0 Å². The van der Waals surface area contributed by atoms with Crippen molar-refractivity contribution in [3.05, 3.63) is 30.1 Å². The van der Waals surface area contributed by atoms with Gasteiger partial charge in [-0.15, -0.1) is 0 Å². The number of pyridine rings is 1. The van der Waals surface area contributed by atoms with Gasteiger partial charge in [0.1, 0.15) is 0 Å². The predicted molar refractivity (Wildman–Crippen MR) is 64.9 cm³/mol. The molecule has 4 heteroatoms. The maximum absolute atomic E-state index is 9.14. The predicted octanol–water partition coefficient (Wildman–Crippen LogP) is 1.29. The van der Waals surface area contributed by atoms with E-state index in [1.807, 2.05) is 18.3 Å². The number of nitrogens with zero attached hydrogens (tertiary/aromatic N) is 1. The van der Waals surface area contributed by atoms with Gasteiger partial charge < -0.3 is 10.4 Å². The highest BCUT2D eigenvalue weighted by Gasteiger charge is 2.05. The lowest BCUT2D eigenvalue weighted by atomic mass is 10.2. The Kier molecular flexibility index (Phi) is 6.39. The number of aliphatic hydroxyl groups is 1. The lowest BCUT2D eigenvalue weighted by molar-refractivity contribution is 0.239. The fourth-order valence-electron chi connectivity index (χ4n) is 1.28. The summed E-state index contributed by atoms with van der Waals surface area (Å²) < 4.78 is 0. The third kappa shape index (κ3) is 5.16. The first-order valence-electron chi connectivity index (χ1n) is 5.09. The molecule has 0 spiro atoms. The zero-order valence-electron chi connectivity index (χ0n) is 9.02. The molecule has 0 bridgehead atoms. The second-order valence-electron chi connectivity index (χ2n) is 3.40. The molecule has 1 heterocycles. The summed E-state index contributed by atoms with van der Waals surface area (Å²) in [5, 5.41) is 12.5. The van der Waals surface area contributed by atoms with Gasteiger partial charge in [-0.3, -0.25) is 4.98 Å². The van der Waals surface area contributed by atoms with Crippen molar-refractivity contribution in [1.29, 1.82) is 0 Å². The van der Waals surface area contributed by atoms with Crippen molar-refractivity contribution >= 4 is 11.8 Å². The molecule has 0 saturated carbocycles. The topological polar surface area (TPSA) is 45.1 Å². The Bertz CT molecular complexity index is 256. The number of hydrogen-bond donors (Lipinski definition) is 2. The maximum atomic E-state index is 9.14. The molecule has 1 atom stereocenters. The Morgan fingerprint density at radius 3 is 3.07 bits per heavy atom. The van der Waals surface area contributed by atoms with Crippen molar-refractivity contribution < 1.29 is 5.11 Å². The van der Waals surface area contributed by atoms with Crippen LogP contribution in [0.3, 0.4) is 0 Å². The highest BCUT2D eigenvalue weighted by atomic mass is 32.2. The first-order valence-corrected chi connectivity index (χ1v) is 6.48. The summed E-state index contributed by atoms with van der Waals surface area (Å²) in [6.45, 7) is 0.967. The van der Waals surface area contributed by atoms with Crippen molar-refractivity contribution in [2.24, 2.45) is 0 Å². The normalized spacial score (nSPS) is 12.7. The van der Waals surface area contributed by atoms with Crippen molar-refractivity contribution in [2.75, 3.05) is 18.6 Å². The molecule has 84 valence electrons. The van der Waals surface area contributed by atoms with E-state index in [4.69, 9.17) is 5.11 Å². The minimum atomic E-state index is 0.192. The van der Waals surface area contributed by atoms with Crippen molar-refractivity contribution in [3.63, 3.8) is 0 Å². The smallest absolute Gasteiger partial charge is 0.0585 e. The van der Waals surface area contributed by atoms with Crippen LogP contribution in [0, 0.1) is 0 Å². The van der Waals surface area contributed by atoms with Gasteiger partial charge in [0.25, 0.3) is 0 Å². The average molecular weight is 226 g/mol. The Morgan fingerprint density at radius 1 is 1.60 bits per heavy atom. The molecule has 0 aliphatic carbocycles. The Morgan fingerprint density at radius 2 is 2.47 bits per heavy atom. The molecule has 1 aromatic rings. The van der Waals surface area contributed by atoms with E-state index in [1.54, 1.807) is 18.0 Å². The van der Waals surface area contributed by atoms with Gasteiger partial charge in [0.15, 0.2) is 0 Å². The van der Waals surface area contributed by atoms with Gasteiger partial charge in [-0.25, -0.2) is 0 Å². The molecule has 0 amide bonds. The molecule has 15 heavy (non-hydrogen) atoms. The summed E-state index contributed by atoms with van der Waals surface area (Å²) in [5.74, 6) is 1.07. The zero-order valence-corrected chi connectivity index (χ0v) is 9.83. The lowest BCUT2D eigenvalue weighted by Crippen LogP contribution is -2.32. The molecule has 1 rings (SSSR count). The number of nitrogens with one attached hydrogen (secondary N) is 1. The number of aliphatic hydroxyl groups excluding tert-OH is 1. The van der Waals surface area contributed by atoms with E-state index in [0.717, 1.165) is 24.3 Å². The van der Waals surface area contributed by atoms with E-state index in [-0.39, 0.29) is 12.6 Å². The van der Waals surface area contributed by atoms with Crippen LogP contribution in [0.1, 0.15) is 12.0 Å². The molecule has 1 aromatic heterocycles. The first kappa shape index (κ1) is 12.5. The van der Waals surface area contributed by atoms with E-state index >= 15 is 0 Å². The summed E-state index contributed by atoms with van der Waals surface area (Å²) in [5.41, 5.74) is 1.15. The molecule has 0 aliphatic heterocycles. The zero-order chi connectivity index (χ0) is 10.9. The van der Waals surface area contributed by atoms with E-state index in [9.17, 15) is 0 Å². The Hall–Kier alpha value is -0.580. The van der Waals surface area contributed by atoms with Gasteiger partial charge in [0.05, 0.1) is 6.61 Å². The molecule has 0 saturated heterocycles. The second kappa shape index (κ2) is 7.68.